The molecule has 0 bridgehead atoms. The van der Waals surface area contributed by atoms with Crippen molar-refractivity contribution in [3.8, 4) is 11.5 Å². The number of fused-ring (bicyclic) bond motifs is 1. The van der Waals surface area contributed by atoms with Crippen molar-refractivity contribution in [2.24, 2.45) is 5.92 Å². The predicted molar refractivity (Wildman–Crippen MR) is 114 cm³/mol. The van der Waals surface area contributed by atoms with Crippen molar-refractivity contribution in [2.75, 3.05) is 19.8 Å². The first kappa shape index (κ1) is 21.4. The highest BCUT2D eigenvalue weighted by Crippen LogP contribution is 2.18. The number of rotatable bonds is 9. The van der Waals surface area contributed by atoms with Gasteiger partial charge in [0.05, 0.1) is 12.0 Å². The average molecular weight is 410 g/mol. The number of nitrogens with zero attached hydrogens (tertiary/aromatic N) is 2. The van der Waals surface area contributed by atoms with Gasteiger partial charge in [-0.2, -0.15) is 5.10 Å². The minimum absolute atomic E-state index is 0.0609. The van der Waals surface area contributed by atoms with Crippen LogP contribution in [0.15, 0.2) is 53.3 Å². The lowest BCUT2D eigenvalue weighted by Gasteiger charge is -2.12. The van der Waals surface area contributed by atoms with Gasteiger partial charge in [0.2, 0.25) is 0 Å². The Kier molecular flexibility index (Phi) is 7.06. The molecule has 1 heterocycles. The topological polar surface area (TPSA) is 79.7 Å². The maximum atomic E-state index is 12.7. The molecule has 2 aromatic carbocycles. The first-order chi connectivity index (χ1) is 14.5. The Labute approximate surface area is 175 Å². The predicted octanol–water partition coefficient (Wildman–Crippen LogP) is 3.69. The standard InChI is InChI=1S/C23H26N2O5/c1-4-28-17-9-11-18(12-10-17)29-13-14-30-23(27)21-19-7-5-6-8-20(19)22(26)25(24-21)15-16(2)3/h5-12,16H,4,13-15H2,1-3H3. The molecule has 7 heteroatoms. The first-order valence-corrected chi connectivity index (χ1v) is 10.0. The fourth-order valence-corrected chi connectivity index (χ4v) is 3.02. The van der Waals surface area contributed by atoms with Crippen LogP contribution in [-0.2, 0) is 11.3 Å². The summed E-state index contributed by atoms with van der Waals surface area (Å²) in [4.78, 5) is 25.3. The summed E-state index contributed by atoms with van der Waals surface area (Å²) >= 11 is 0. The van der Waals surface area contributed by atoms with E-state index >= 15 is 0 Å². The van der Waals surface area contributed by atoms with Gasteiger partial charge in [0.25, 0.3) is 5.56 Å². The van der Waals surface area contributed by atoms with Crippen molar-refractivity contribution in [3.63, 3.8) is 0 Å². The van der Waals surface area contributed by atoms with Gasteiger partial charge in [0.15, 0.2) is 5.69 Å². The van der Waals surface area contributed by atoms with Crippen molar-refractivity contribution >= 4 is 16.7 Å². The first-order valence-electron chi connectivity index (χ1n) is 10.0. The number of carbonyl (C=O) groups is 1. The summed E-state index contributed by atoms with van der Waals surface area (Å²) in [6, 6.07) is 14.2. The minimum atomic E-state index is -0.584. The fourth-order valence-electron chi connectivity index (χ4n) is 3.02. The van der Waals surface area contributed by atoms with Gasteiger partial charge in [0, 0.05) is 11.9 Å². The molecule has 0 radical (unpaired) electrons. The molecule has 3 aromatic rings. The van der Waals surface area contributed by atoms with E-state index in [2.05, 4.69) is 5.10 Å². The summed E-state index contributed by atoms with van der Waals surface area (Å²) in [6.45, 7) is 7.17. The second-order valence-corrected chi connectivity index (χ2v) is 7.16. The van der Waals surface area contributed by atoms with Crippen LogP contribution in [0.25, 0.3) is 10.8 Å². The Morgan fingerprint density at radius 1 is 0.967 bits per heavy atom. The monoisotopic (exact) mass is 410 g/mol. The van der Waals surface area contributed by atoms with E-state index in [0.717, 1.165) is 5.75 Å². The van der Waals surface area contributed by atoms with E-state index in [1.165, 1.54) is 4.68 Å². The van der Waals surface area contributed by atoms with Crippen LogP contribution in [-0.4, -0.2) is 35.6 Å². The Bertz CT molecular complexity index is 1060. The van der Waals surface area contributed by atoms with Gasteiger partial charge >= 0.3 is 5.97 Å². The fraction of sp³-hybridized carbons (Fsp3) is 0.348. The molecule has 3 rings (SSSR count). The van der Waals surface area contributed by atoms with Crippen molar-refractivity contribution in [1.82, 2.24) is 9.78 Å². The van der Waals surface area contributed by atoms with Crippen LogP contribution in [0.2, 0.25) is 0 Å². The van der Waals surface area contributed by atoms with Crippen LogP contribution < -0.4 is 15.0 Å². The average Bonchev–Trinajstić information content (AvgIpc) is 2.74. The largest absolute Gasteiger partial charge is 0.494 e. The molecule has 0 aliphatic carbocycles. The highest BCUT2D eigenvalue weighted by Gasteiger charge is 2.18. The van der Waals surface area contributed by atoms with Gasteiger partial charge in [-0.25, -0.2) is 9.48 Å². The van der Waals surface area contributed by atoms with Gasteiger partial charge in [-0.15, -0.1) is 0 Å². The van der Waals surface area contributed by atoms with E-state index < -0.39 is 5.97 Å². The molecule has 7 nitrogen and oxygen atoms in total. The molecule has 0 N–H and O–H groups in total. The lowest BCUT2D eigenvalue weighted by molar-refractivity contribution is 0.0443. The molecule has 0 aliphatic rings. The van der Waals surface area contributed by atoms with Gasteiger partial charge in [-0.05, 0) is 43.2 Å². The summed E-state index contributed by atoms with van der Waals surface area (Å²) in [5.74, 6) is 1.05. The summed E-state index contributed by atoms with van der Waals surface area (Å²) < 4.78 is 17.7. The molecule has 30 heavy (non-hydrogen) atoms. The number of carbonyl (C=O) groups excluding carboxylic acids is 1. The lowest BCUT2D eigenvalue weighted by atomic mass is 10.1. The smallest absolute Gasteiger partial charge is 0.359 e. The molecule has 0 atom stereocenters. The highest BCUT2D eigenvalue weighted by atomic mass is 16.6. The number of hydrogen-bond donors (Lipinski definition) is 0. The Hall–Kier alpha value is -3.35. The third-order valence-electron chi connectivity index (χ3n) is 4.32. The molecular formula is C23H26N2O5. The van der Waals surface area contributed by atoms with E-state index in [4.69, 9.17) is 14.2 Å². The van der Waals surface area contributed by atoms with E-state index in [-0.39, 0.29) is 30.4 Å². The van der Waals surface area contributed by atoms with Crippen LogP contribution >= 0.6 is 0 Å². The normalized spacial score (nSPS) is 10.9. The second kappa shape index (κ2) is 9.91. The number of hydrogen-bond acceptors (Lipinski definition) is 6. The summed E-state index contributed by atoms with van der Waals surface area (Å²) in [5, 5.41) is 5.22. The summed E-state index contributed by atoms with van der Waals surface area (Å²) in [6.07, 6.45) is 0. The highest BCUT2D eigenvalue weighted by molar-refractivity contribution is 6.02. The molecule has 0 aliphatic heterocycles. The van der Waals surface area contributed by atoms with Crippen LogP contribution in [0.5, 0.6) is 11.5 Å². The molecule has 0 spiro atoms. The van der Waals surface area contributed by atoms with Crippen LogP contribution in [0.1, 0.15) is 31.3 Å². The van der Waals surface area contributed by atoms with Crippen molar-refractivity contribution < 1.29 is 19.0 Å². The van der Waals surface area contributed by atoms with E-state index in [9.17, 15) is 9.59 Å². The number of esters is 1. The van der Waals surface area contributed by atoms with Crippen molar-refractivity contribution in [1.29, 1.82) is 0 Å². The maximum Gasteiger partial charge on any atom is 0.359 e. The SMILES string of the molecule is CCOc1ccc(OCCOC(=O)c2nn(CC(C)C)c(=O)c3ccccc23)cc1. The molecule has 0 saturated heterocycles. The number of benzene rings is 2. The van der Waals surface area contributed by atoms with Crippen LogP contribution in [0, 0.1) is 5.92 Å². The Morgan fingerprint density at radius 2 is 1.60 bits per heavy atom. The summed E-state index contributed by atoms with van der Waals surface area (Å²) in [5.41, 5.74) is -0.0819. The van der Waals surface area contributed by atoms with Gasteiger partial charge < -0.3 is 14.2 Å². The van der Waals surface area contributed by atoms with E-state index in [1.807, 2.05) is 32.9 Å². The zero-order valence-corrected chi connectivity index (χ0v) is 17.5. The molecule has 0 amide bonds. The van der Waals surface area contributed by atoms with Crippen LogP contribution in [0.4, 0.5) is 0 Å². The zero-order chi connectivity index (χ0) is 21.5. The lowest BCUT2D eigenvalue weighted by Crippen LogP contribution is -2.28. The second-order valence-electron chi connectivity index (χ2n) is 7.16. The third kappa shape index (κ3) is 5.17. The molecule has 0 unspecified atom stereocenters. The zero-order valence-electron chi connectivity index (χ0n) is 17.5. The number of aromatic nitrogens is 2. The quantitative estimate of drug-likeness (QED) is 0.395. The van der Waals surface area contributed by atoms with Gasteiger partial charge in [-0.1, -0.05) is 32.0 Å². The van der Waals surface area contributed by atoms with Gasteiger partial charge in [0.1, 0.15) is 24.7 Å². The molecular weight excluding hydrogens is 384 g/mol. The van der Waals surface area contributed by atoms with Gasteiger partial charge in [-0.3, -0.25) is 4.79 Å². The van der Waals surface area contributed by atoms with E-state index in [0.29, 0.717) is 29.7 Å². The molecule has 158 valence electrons. The van der Waals surface area contributed by atoms with Crippen molar-refractivity contribution in [3.05, 3.63) is 64.6 Å². The molecule has 0 saturated carbocycles. The Balaban J connectivity index is 1.67. The summed E-state index contributed by atoms with van der Waals surface area (Å²) in [7, 11) is 0. The van der Waals surface area contributed by atoms with E-state index in [1.54, 1.807) is 36.4 Å². The maximum absolute atomic E-state index is 12.7. The number of ether oxygens (including phenoxy) is 3. The molecule has 0 fully saturated rings. The molecule has 1 aromatic heterocycles. The third-order valence-corrected chi connectivity index (χ3v) is 4.32. The van der Waals surface area contributed by atoms with Crippen LogP contribution in [0.3, 0.4) is 0 Å². The van der Waals surface area contributed by atoms with Crippen molar-refractivity contribution in [2.45, 2.75) is 27.3 Å². The Morgan fingerprint density at radius 3 is 2.23 bits per heavy atom. The minimum Gasteiger partial charge on any atom is -0.494 e.